The van der Waals surface area contributed by atoms with Gasteiger partial charge in [-0.1, -0.05) is 6.07 Å². The largest absolute Gasteiger partial charge is 0.477 e. The number of pyridine rings is 1. The smallest absolute Gasteiger partial charge is 0.354 e. The van der Waals surface area contributed by atoms with Crippen molar-refractivity contribution in [1.29, 1.82) is 0 Å². The summed E-state index contributed by atoms with van der Waals surface area (Å²) in [5.74, 6) is -1.15. The van der Waals surface area contributed by atoms with Crippen LogP contribution in [-0.4, -0.2) is 31.7 Å². The Labute approximate surface area is 108 Å². The maximum absolute atomic E-state index is 11.6. The predicted octanol–water partition coefficient (Wildman–Crippen LogP) is 1.01. The molecule has 98 valence electrons. The highest BCUT2D eigenvalue weighted by molar-refractivity contribution is 5.91. The number of carboxylic acid groups (broad SMARTS) is 1. The van der Waals surface area contributed by atoms with E-state index in [1.807, 2.05) is 0 Å². The van der Waals surface area contributed by atoms with Crippen molar-refractivity contribution in [3.8, 4) is 0 Å². The number of amides is 1. The second-order valence-electron chi connectivity index (χ2n) is 3.78. The van der Waals surface area contributed by atoms with Crippen LogP contribution in [0.1, 0.15) is 16.9 Å². The Bertz CT molecular complexity index is 580. The summed E-state index contributed by atoms with van der Waals surface area (Å²) in [7, 11) is 0. The van der Waals surface area contributed by atoms with Crippen LogP contribution in [0.25, 0.3) is 0 Å². The summed E-state index contributed by atoms with van der Waals surface area (Å²) < 4.78 is 1.64. The maximum atomic E-state index is 11.6. The standard InChI is InChI=1S/C12H12N4O3/c17-11(5-8-16-7-2-6-13-16)15-10-4-1-3-9(14-10)12(18)19/h1-4,6-7H,5,8H2,(H,18,19)(H,14,15,17). The monoisotopic (exact) mass is 260 g/mol. The van der Waals surface area contributed by atoms with Gasteiger partial charge in [0, 0.05) is 25.4 Å². The Hall–Kier alpha value is -2.70. The Morgan fingerprint density at radius 2 is 2.16 bits per heavy atom. The normalized spacial score (nSPS) is 10.1. The summed E-state index contributed by atoms with van der Waals surface area (Å²) >= 11 is 0. The molecule has 0 atom stereocenters. The highest BCUT2D eigenvalue weighted by Gasteiger charge is 2.07. The maximum Gasteiger partial charge on any atom is 0.354 e. The van der Waals surface area contributed by atoms with Gasteiger partial charge in [0.25, 0.3) is 0 Å². The molecular formula is C12H12N4O3. The number of nitrogens with zero attached hydrogens (tertiary/aromatic N) is 3. The van der Waals surface area contributed by atoms with E-state index in [0.29, 0.717) is 6.54 Å². The molecule has 2 N–H and O–H groups in total. The molecule has 0 spiro atoms. The Kier molecular flexibility index (Phi) is 3.87. The summed E-state index contributed by atoms with van der Waals surface area (Å²) in [6, 6.07) is 6.20. The van der Waals surface area contributed by atoms with Crippen molar-refractivity contribution in [3.05, 3.63) is 42.4 Å². The number of aryl methyl sites for hydroxylation is 1. The van der Waals surface area contributed by atoms with Crippen LogP contribution >= 0.6 is 0 Å². The van der Waals surface area contributed by atoms with Gasteiger partial charge in [0.05, 0.1) is 0 Å². The van der Waals surface area contributed by atoms with Crippen molar-refractivity contribution < 1.29 is 14.7 Å². The van der Waals surface area contributed by atoms with Crippen molar-refractivity contribution >= 4 is 17.7 Å². The summed E-state index contributed by atoms with van der Waals surface area (Å²) in [4.78, 5) is 26.2. The minimum atomic E-state index is -1.13. The van der Waals surface area contributed by atoms with E-state index in [0.717, 1.165) is 0 Å². The average molecular weight is 260 g/mol. The van der Waals surface area contributed by atoms with Crippen LogP contribution in [-0.2, 0) is 11.3 Å². The van der Waals surface area contributed by atoms with Crippen LogP contribution < -0.4 is 5.32 Å². The van der Waals surface area contributed by atoms with E-state index in [1.165, 1.54) is 18.2 Å². The van der Waals surface area contributed by atoms with Crippen LogP contribution in [0.15, 0.2) is 36.7 Å². The molecule has 2 aromatic rings. The first kappa shape index (κ1) is 12.7. The Morgan fingerprint density at radius 1 is 1.32 bits per heavy atom. The molecule has 7 heteroatoms. The molecule has 0 radical (unpaired) electrons. The lowest BCUT2D eigenvalue weighted by molar-refractivity contribution is -0.116. The van der Waals surface area contributed by atoms with Crippen LogP contribution in [0.3, 0.4) is 0 Å². The number of carboxylic acids is 1. The van der Waals surface area contributed by atoms with E-state index >= 15 is 0 Å². The first-order valence-electron chi connectivity index (χ1n) is 5.63. The highest BCUT2D eigenvalue weighted by Crippen LogP contribution is 2.05. The topological polar surface area (TPSA) is 97.1 Å². The molecule has 2 aromatic heterocycles. The molecule has 0 aliphatic heterocycles. The summed E-state index contributed by atoms with van der Waals surface area (Å²) in [5, 5.41) is 15.3. The van der Waals surface area contributed by atoms with Crippen molar-refractivity contribution in [1.82, 2.24) is 14.8 Å². The van der Waals surface area contributed by atoms with Crippen molar-refractivity contribution in [2.24, 2.45) is 0 Å². The SMILES string of the molecule is O=C(CCn1cccn1)Nc1cccc(C(=O)O)n1. The molecule has 0 unspecified atom stereocenters. The third kappa shape index (κ3) is 3.63. The zero-order valence-corrected chi connectivity index (χ0v) is 9.98. The minimum absolute atomic E-state index is 0.107. The summed E-state index contributed by atoms with van der Waals surface area (Å²) in [5.41, 5.74) is -0.107. The third-order valence-electron chi connectivity index (χ3n) is 2.36. The van der Waals surface area contributed by atoms with Crippen molar-refractivity contribution in [2.45, 2.75) is 13.0 Å². The number of carbonyl (C=O) groups excluding carboxylic acids is 1. The van der Waals surface area contributed by atoms with Gasteiger partial charge in [-0.15, -0.1) is 0 Å². The van der Waals surface area contributed by atoms with E-state index < -0.39 is 5.97 Å². The lowest BCUT2D eigenvalue weighted by Crippen LogP contribution is -2.16. The number of nitrogens with one attached hydrogen (secondary N) is 1. The fraction of sp³-hybridized carbons (Fsp3) is 0.167. The average Bonchev–Trinajstić information content (AvgIpc) is 2.90. The number of aromatic nitrogens is 3. The second-order valence-corrected chi connectivity index (χ2v) is 3.78. The zero-order valence-electron chi connectivity index (χ0n) is 9.98. The number of hydrogen-bond donors (Lipinski definition) is 2. The minimum Gasteiger partial charge on any atom is -0.477 e. The van der Waals surface area contributed by atoms with E-state index in [4.69, 9.17) is 5.11 Å². The molecule has 0 aliphatic rings. The molecule has 0 aromatic carbocycles. The van der Waals surface area contributed by atoms with Crippen LogP contribution in [0.5, 0.6) is 0 Å². The number of rotatable bonds is 5. The lowest BCUT2D eigenvalue weighted by atomic mass is 10.3. The zero-order chi connectivity index (χ0) is 13.7. The molecule has 1 amide bonds. The third-order valence-corrected chi connectivity index (χ3v) is 2.36. The quantitative estimate of drug-likeness (QED) is 0.836. The number of carbonyl (C=O) groups is 2. The van der Waals surface area contributed by atoms with E-state index in [2.05, 4.69) is 15.4 Å². The van der Waals surface area contributed by atoms with E-state index in [-0.39, 0.29) is 23.8 Å². The van der Waals surface area contributed by atoms with Crippen molar-refractivity contribution in [2.75, 3.05) is 5.32 Å². The number of aromatic carboxylic acids is 1. The molecule has 2 rings (SSSR count). The van der Waals surface area contributed by atoms with E-state index in [9.17, 15) is 9.59 Å². The molecule has 0 aliphatic carbocycles. The predicted molar refractivity (Wildman–Crippen MR) is 66.7 cm³/mol. The van der Waals surface area contributed by atoms with Crippen molar-refractivity contribution in [3.63, 3.8) is 0 Å². The van der Waals surface area contributed by atoms with Crippen LogP contribution in [0, 0.1) is 0 Å². The van der Waals surface area contributed by atoms with Gasteiger partial charge in [-0.2, -0.15) is 5.10 Å². The van der Waals surface area contributed by atoms with Gasteiger partial charge in [0.1, 0.15) is 5.82 Å². The summed E-state index contributed by atoms with van der Waals surface area (Å²) in [6.45, 7) is 0.456. The first-order valence-corrected chi connectivity index (χ1v) is 5.63. The lowest BCUT2D eigenvalue weighted by Gasteiger charge is -2.05. The molecule has 0 saturated heterocycles. The number of anilines is 1. The Morgan fingerprint density at radius 3 is 2.84 bits per heavy atom. The molecule has 0 bridgehead atoms. The van der Waals surface area contributed by atoms with Gasteiger partial charge in [0.15, 0.2) is 5.69 Å². The Balaban J connectivity index is 1.91. The number of hydrogen-bond acceptors (Lipinski definition) is 4. The van der Waals surface area contributed by atoms with Gasteiger partial charge < -0.3 is 10.4 Å². The van der Waals surface area contributed by atoms with Gasteiger partial charge in [-0.3, -0.25) is 9.48 Å². The fourth-order valence-electron chi connectivity index (χ4n) is 1.48. The molecule has 7 nitrogen and oxygen atoms in total. The molecular weight excluding hydrogens is 248 g/mol. The molecule has 0 fully saturated rings. The van der Waals surface area contributed by atoms with Gasteiger partial charge in [-0.05, 0) is 18.2 Å². The summed E-state index contributed by atoms with van der Waals surface area (Å²) in [6.07, 6.45) is 3.63. The first-order chi connectivity index (χ1) is 9.15. The molecule has 2 heterocycles. The van der Waals surface area contributed by atoms with Crippen LogP contribution in [0.4, 0.5) is 5.82 Å². The molecule has 19 heavy (non-hydrogen) atoms. The van der Waals surface area contributed by atoms with Crippen LogP contribution in [0.2, 0.25) is 0 Å². The highest BCUT2D eigenvalue weighted by atomic mass is 16.4. The van der Waals surface area contributed by atoms with Gasteiger partial charge in [-0.25, -0.2) is 9.78 Å². The fourth-order valence-corrected chi connectivity index (χ4v) is 1.48. The van der Waals surface area contributed by atoms with Gasteiger partial charge >= 0.3 is 5.97 Å². The van der Waals surface area contributed by atoms with E-state index in [1.54, 1.807) is 23.1 Å². The molecule has 0 saturated carbocycles. The second kappa shape index (κ2) is 5.76. The van der Waals surface area contributed by atoms with Gasteiger partial charge in [0.2, 0.25) is 5.91 Å².